The number of hydrogen-bond donors (Lipinski definition) is 2. The lowest BCUT2D eigenvalue weighted by Crippen LogP contribution is -2.61. The van der Waals surface area contributed by atoms with Gasteiger partial charge in [0, 0.05) is 22.0 Å². The summed E-state index contributed by atoms with van der Waals surface area (Å²) in [6, 6.07) is 8.34. The van der Waals surface area contributed by atoms with Crippen LogP contribution in [0.25, 0.3) is 10.1 Å². The Morgan fingerprint density at radius 3 is 2.81 bits per heavy atom. The van der Waals surface area contributed by atoms with Crippen LogP contribution in [-0.2, 0) is 4.79 Å². The molecular weight excluding hydrogens is 406 g/mol. The van der Waals surface area contributed by atoms with Crippen molar-refractivity contribution in [1.82, 2.24) is 5.32 Å². The smallest absolute Gasteiger partial charge is 0.303 e. The van der Waals surface area contributed by atoms with E-state index in [-0.39, 0.29) is 18.4 Å². The van der Waals surface area contributed by atoms with Crippen molar-refractivity contribution in [3.63, 3.8) is 0 Å². The number of benzene rings is 1. The minimum atomic E-state index is -0.735. The number of carboxylic acid groups (broad SMARTS) is 1. The van der Waals surface area contributed by atoms with Crippen LogP contribution < -0.4 is 5.32 Å². The third-order valence-corrected chi connectivity index (χ3v) is 8.78. The van der Waals surface area contributed by atoms with Crippen molar-refractivity contribution in [2.45, 2.75) is 65.3 Å². The van der Waals surface area contributed by atoms with Gasteiger partial charge in [-0.05, 0) is 79.7 Å². The number of nitrogens with one attached hydrogen (secondary N) is 1. The number of allylic oxidation sites excluding steroid dienone is 2. The van der Waals surface area contributed by atoms with E-state index in [9.17, 15) is 9.59 Å². The van der Waals surface area contributed by atoms with Crippen molar-refractivity contribution in [2.75, 3.05) is 0 Å². The predicted molar refractivity (Wildman–Crippen MR) is 127 cm³/mol. The highest BCUT2D eigenvalue weighted by atomic mass is 32.1. The number of unbranched alkanes of at least 4 members (excludes halogenated alkanes) is 1. The molecule has 1 heterocycles. The fourth-order valence-corrected chi connectivity index (χ4v) is 6.82. The van der Waals surface area contributed by atoms with Crippen LogP contribution in [0.5, 0.6) is 0 Å². The largest absolute Gasteiger partial charge is 0.481 e. The number of carboxylic acids is 1. The number of carbonyl (C=O) groups is 2. The normalized spacial score (nSPS) is 26.7. The number of aryl methyl sites for hydroxylation is 1. The number of hydrogen-bond acceptors (Lipinski definition) is 3. The summed E-state index contributed by atoms with van der Waals surface area (Å²) in [5, 5.41) is 13.3. The van der Waals surface area contributed by atoms with Gasteiger partial charge in [0.1, 0.15) is 0 Å². The van der Waals surface area contributed by atoms with Crippen molar-refractivity contribution in [3.8, 4) is 0 Å². The van der Waals surface area contributed by atoms with E-state index in [1.807, 2.05) is 12.1 Å². The summed E-state index contributed by atoms with van der Waals surface area (Å²) in [5.74, 6) is 1.05. The second-order valence-electron chi connectivity index (χ2n) is 9.91. The molecular formula is C26H33NO3S. The first-order valence-corrected chi connectivity index (χ1v) is 12.3. The van der Waals surface area contributed by atoms with E-state index in [2.05, 4.69) is 50.4 Å². The molecule has 0 aliphatic heterocycles. The molecule has 4 nitrogen and oxygen atoms in total. The van der Waals surface area contributed by atoms with E-state index < -0.39 is 5.97 Å². The van der Waals surface area contributed by atoms with Crippen molar-refractivity contribution >= 4 is 33.3 Å². The summed E-state index contributed by atoms with van der Waals surface area (Å²) in [6.07, 6.45) is 9.28. The first kappa shape index (κ1) is 22.1. The second-order valence-corrected chi connectivity index (χ2v) is 11.2. The van der Waals surface area contributed by atoms with Crippen LogP contribution >= 0.6 is 11.3 Å². The number of fused-ring (bicyclic) bond motifs is 3. The van der Waals surface area contributed by atoms with E-state index in [1.165, 1.54) is 11.3 Å². The molecule has 2 bridgehead atoms. The molecule has 5 heteroatoms. The van der Waals surface area contributed by atoms with Crippen LogP contribution in [0.1, 0.15) is 67.6 Å². The summed E-state index contributed by atoms with van der Waals surface area (Å²) < 4.78 is 1.08. The Morgan fingerprint density at radius 1 is 1.26 bits per heavy atom. The minimum Gasteiger partial charge on any atom is -0.481 e. The number of aliphatic carboxylic acids is 1. The number of amides is 1. The van der Waals surface area contributed by atoms with Gasteiger partial charge in [-0.2, -0.15) is 0 Å². The summed E-state index contributed by atoms with van der Waals surface area (Å²) in [6.45, 7) is 6.84. The lowest BCUT2D eigenvalue weighted by atomic mass is 9.44. The highest BCUT2D eigenvalue weighted by molar-refractivity contribution is 7.19. The maximum absolute atomic E-state index is 13.3. The van der Waals surface area contributed by atoms with Gasteiger partial charge in [0.25, 0.3) is 5.91 Å². The maximum Gasteiger partial charge on any atom is 0.303 e. The first-order chi connectivity index (χ1) is 14.8. The Labute approximate surface area is 188 Å². The Hall–Kier alpha value is -2.14. The molecule has 31 heavy (non-hydrogen) atoms. The quantitative estimate of drug-likeness (QED) is 0.381. The summed E-state index contributed by atoms with van der Waals surface area (Å²) >= 11 is 1.69. The van der Waals surface area contributed by atoms with E-state index in [4.69, 9.17) is 5.11 Å². The molecule has 3 saturated carbocycles. The van der Waals surface area contributed by atoms with Crippen LogP contribution in [0.2, 0.25) is 0 Å². The molecule has 3 aliphatic carbocycles. The number of thiophene rings is 1. The standard InChI is InChI=1S/C26H33NO3S/c1-16-13-17-9-8-11-20(24(17)31-16)25(30)27-22-15-18-14-21(26(18,2)3)19(22)10-6-4-5-7-12-23(28)29/h4,6,8-9,11,13,18-19,21-22H,5,7,10,12,14-15H2,1-3H3,(H,27,30)(H,28,29)/t18-,19+,21+,22?/m0/s1. The molecule has 2 N–H and O–H groups in total. The van der Waals surface area contributed by atoms with Gasteiger partial charge in [-0.1, -0.05) is 38.1 Å². The van der Waals surface area contributed by atoms with Gasteiger partial charge >= 0.3 is 5.97 Å². The summed E-state index contributed by atoms with van der Waals surface area (Å²) in [4.78, 5) is 25.2. The Kier molecular flexibility index (Phi) is 6.25. The van der Waals surface area contributed by atoms with Crippen LogP contribution in [0, 0.1) is 30.1 Å². The molecule has 3 aliphatic rings. The van der Waals surface area contributed by atoms with E-state index in [0.29, 0.717) is 29.6 Å². The van der Waals surface area contributed by atoms with E-state index in [1.54, 1.807) is 11.3 Å². The molecule has 1 amide bonds. The average molecular weight is 440 g/mol. The number of carbonyl (C=O) groups excluding carboxylic acids is 1. The second kappa shape index (κ2) is 8.78. The van der Waals surface area contributed by atoms with Gasteiger partial charge in [0.2, 0.25) is 0 Å². The molecule has 4 atom stereocenters. The zero-order valence-corrected chi connectivity index (χ0v) is 19.5. The SMILES string of the molecule is Cc1cc2cccc(C(=O)NC3C[C@@H]4C[C@H]([C@H]3CC=CCCCC(=O)O)C4(C)C)c2s1. The predicted octanol–water partition coefficient (Wildman–Crippen LogP) is 6.19. The monoisotopic (exact) mass is 439 g/mol. The summed E-state index contributed by atoms with van der Waals surface area (Å²) in [5.41, 5.74) is 1.13. The third kappa shape index (κ3) is 4.43. The lowest BCUT2D eigenvalue weighted by molar-refractivity contribution is -0.137. The molecule has 5 rings (SSSR count). The van der Waals surface area contributed by atoms with Crippen molar-refractivity contribution in [3.05, 3.63) is 46.9 Å². The van der Waals surface area contributed by atoms with Crippen molar-refractivity contribution in [2.24, 2.45) is 23.2 Å². The Balaban J connectivity index is 1.46. The van der Waals surface area contributed by atoms with E-state index >= 15 is 0 Å². The van der Waals surface area contributed by atoms with Gasteiger partial charge in [0.05, 0.1) is 5.56 Å². The average Bonchev–Trinajstić information content (AvgIpc) is 3.10. The topological polar surface area (TPSA) is 66.4 Å². The zero-order chi connectivity index (χ0) is 22.2. The van der Waals surface area contributed by atoms with Crippen LogP contribution in [0.3, 0.4) is 0 Å². The van der Waals surface area contributed by atoms with Gasteiger partial charge < -0.3 is 10.4 Å². The highest BCUT2D eigenvalue weighted by Gasteiger charge is 2.57. The fourth-order valence-electron chi connectivity index (χ4n) is 5.80. The Bertz CT molecular complexity index is 1010. The number of rotatable bonds is 8. The van der Waals surface area contributed by atoms with Gasteiger partial charge in [-0.25, -0.2) is 0 Å². The molecule has 1 unspecified atom stereocenters. The van der Waals surface area contributed by atoms with Crippen molar-refractivity contribution in [1.29, 1.82) is 0 Å². The van der Waals surface area contributed by atoms with Crippen LogP contribution in [0.4, 0.5) is 0 Å². The first-order valence-electron chi connectivity index (χ1n) is 11.4. The lowest BCUT2D eigenvalue weighted by Gasteiger charge is -2.62. The van der Waals surface area contributed by atoms with Crippen LogP contribution in [-0.4, -0.2) is 23.0 Å². The van der Waals surface area contributed by atoms with Gasteiger partial charge in [0.15, 0.2) is 0 Å². The molecule has 2 aromatic rings. The van der Waals surface area contributed by atoms with Gasteiger partial charge in [-0.3, -0.25) is 9.59 Å². The molecule has 3 fully saturated rings. The van der Waals surface area contributed by atoms with Gasteiger partial charge in [-0.15, -0.1) is 11.3 Å². The third-order valence-electron chi connectivity index (χ3n) is 7.68. The molecule has 1 aromatic carbocycles. The summed E-state index contributed by atoms with van der Waals surface area (Å²) in [7, 11) is 0. The molecule has 1 aromatic heterocycles. The van der Waals surface area contributed by atoms with Crippen molar-refractivity contribution < 1.29 is 14.7 Å². The zero-order valence-electron chi connectivity index (χ0n) is 18.7. The van der Waals surface area contributed by atoms with E-state index in [0.717, 1.165) is 34.9 Å². The minimum absolute atomic E-state index is 0.0481. The fraction of sp³-hybridized carbons (Fsp3) is 0.538. The molecule has 0 saturated heterocycles. The Morgan fingerprint density at radius 2 is 2.06 bits per heavy atom. The molecule has 0 radical (unpaired) electrons. The maximum atomic E-state index is 13.3. The molecule has 166 valence electrons. The molecule has 0 spiro atoms. The highest BCUT2D eigenvalue weighted by Crippen LogP contribution is 2.62. The van der Waals surface area contributed by atoms with Crippen LogP contribution in [0.15, 0.2) is 36.4 Å².